The third kappa shape index (κ3) is 4.23. The zero-order chi connectivity index (χ0) is 16.0. The molecule has 0 aromatic heterocycles. The van der Waals surface area contributed by atoms with Crippen molar-refractivity contribution in [2.45, 2.75) is 41.0 Å². The zero-order valence-electron chi connectivity index (χ0n) is 14.1. The molecular weight excluding hydrogens is 264 g/mol. The van der Waals surface area contributed by atoms with E-state index in [1.807, 2.05) is 39.0 Å². The standard InChI is InChI=1S/C18H28O3/c1-7-21-17(19)18(4,5)14(3)13(2)12-15-10-8-9-11-16(15)20-6/h8-11,13-14H,7,12H2,1-6H3. The molecule has 0 saturated carbocycles. The lowest BCUT2D eigenvalue weighted by Gasteiger charge is -2.34. The molecule has 2 atom stereocenters. The van der Waals surface area contributed by atoms with Gasteiger partial charge in [0, 0.05) is 0 Å². The summed E-state index contributed by atoms with van der Waals surface area (Å²) in [6.45, 7) is 10.5. The Kier molecular flexibility index (Phi) is 6.25. The Bertz CT molecular complexity index is 465. The van der Waals surface area contributed by atoms with Gasteiger partial charge in [0.1, 0.15) is 5.75 Å². The second kappa shape index (κ2) is 7.48. The van der Waals surface area contributed by atoms with Gasteiger partial charge in [-0.3, -0.25) is 4.79 Å². The molecule has 0 aliphatic heterocycles. The monoisotopic (exact) mass is 292 g/mol. The Labute approximate surface area is 128 Å². The van der Waals surface area contributed by atoms with E-state index in [0.717, 1.165) is 12.2 Å². The Balaban J connectivity index is 2.83. The zero-order valence-corrected chi connectivity index (χ0v) is 14.1. The van der Waals surface area contributed by atoms with Crippen molar-refractivity contribution in [3.8, 4) is 5.75 Å². The normalized spacial score (nSPS) is 14.4. The summed E-state index contributed by atoms with van der Waals surface area (Å²) in [4.78, 5) is 12.1. The van der Waals surface area contributed by atoms with E-state index in [1.54, 1.807) is 7.11 Å². The number of benzene rings is 1. The number of hydrogen-bond donors (Lipinski definition) is 0. The van der Waals surface area contributed by atoms with Gasteiger partial charge in [0.05, 0.1) is 19.1 Å². The highest BCUT2D eigenvalue weighted by Gasteiger charge is 2.38. The van der Waals surface area contributed by atoms with Crippen LogP contribution in [-0.2, 0) is 16.0 Å². The molecular formula is C18H28O3. The summed E-state index contributed by atoms with van der Waals surface area (Å²) in [6.07, 6.45) is 0.883. The highest BCUT2D eigenvalue weighted by Crippen LogP contribution is 2.36. The summed E-state index contributed by atoms with van der Waals surface area (Å²) in [5.74, 6) is 1.34. The topological polar surface area (TPSA) is 35.5 Å². The first-order valence-corrected chi connectivity index (χ1v) is 7.63. The SMILES string of the molecule is CCOC(=O)C(C)(C)C(C)C(C)Cc1ccccc1OC. The van der Waals surface area contributed by atoms with Gasteiger partial charge in [0.15, 0.2) is 0 Å². The van der Waals surface area contributed by atoms with Gasteiger partial charge < -0.3 is 9.47 Å². The molecule has 0 spiro atoms. The maximum Gasteiger partial charge on any atom is 0.311 e. The average Bonchev–Trinajstić information content (AvgIpc) is 2.47. The van der Waals surface area contributed by atoms with E-state index in [4.69, 9.17) is 9.47 Å². The number of para-hydroxylation sites is 1. The van der Waals surface area contributed by atoms with Gasteiger partial charge in [-0.25, -0.2) is 0 Å². The maximum absolute atomic E-state index is 12.1. The molecule has 21 heavy (non-hydrogen) atoms. The van der Waals surface area contributed by atoms with E-state index < -0.39 is 5.41 Å². The summed E-state index contributed by atoms with van der Waals surface area (Å²) in [5.41, 5.74) is 0.691. The van der Waals surface area contributed by atoms with Crippen molar-refractivity contribution in [2.24, 2.45) is 17.3 Å². The lowest BCUT2D eigenvalue weighted by atomic mass is 9.72. The van der Waals surface area contributed by atoms with Gasteiger partial charge in [-0.2, -0.15) is 0 Å². The third-order valence-electron chi connectivity index (χ3n) is 4.53. The number of rotatable bonds is 7. The predicted molar refractivity (Wildman–Crippen MR) is 85.4 cm³/mol. The van der Waals surface area contributed by atoms with E-state index in [2.05, 4.69) is 19.9 Å². The van der Waals surface area contributed by atoms with Crippen molar-refractivity contribution in [1.82, 2.24) is 0 Å². The van der Waals surface area contributed by atoms with Crippen LogP contribution >= 0.6 is 0 Å². The summed E-state index contributed by atoms with van der Waals surface area (Å²) in [5, 5.41) is 0. The Morgan fingerprint density at radius 1 is 1.24 bits per heavy atom. The average molecular weight is 292 g/mol. The van der Waals surface area contributed by atoms with Gasteiger partial charge >= 0.3 is 5.97 Å². The summed E-state index contributed by atoms with van der Waals surface area (Å²) in [7, 11) is 1.69. The smallest absolute Gasteiger partial charge is 0.311 e. The molecule has 1 rings (SSSR count). The van der Waals surface area contributed by atoms with Crippen LogP contribution in [0.3, 0.4) is 0 Å². The first-order valence-electron chi connectivity index (χ1n) is 7.63. The molecule has 0 fully saturated rings. The molecule has 3 heteroatoms. The van der Waals surface area contributed by atoms with Crippen LogP contribution in [0.4, 0.5) is 0 Å². The maximum atomic E-state index is 12.1. The fraction of sp³-hybridized carbons (Fsp3) is 0.611. The van der Waals surface area contributed by atoms with Crippen LogP contribution in [0.5, 0.6) is 5.75 Å². The van der Waals surface area contributed by atoms with Gasteiger partial charge in [0.2, 0.25) is 0 Å². The molecule has 0 radical (unpaired) electrons. The fourth-order valence-corrected chi connectivity index (χ4v) is 2.61. The van der Waals surface area contributed by atoms with Crippen LogP contribution in [-0.4, -0.2) is 19.7 Å². The van der Waals surface area contributed by atoms with Crippen LogP contribution in [0.2, 0.25) is 0 Å². The van der Waals surface area contributed by atoms with E-state index >= 15 is 0 Å². The van der Waals surface area contributed by atoms with Crippen molar-refractivity contribution in [3.05, 3.63) is 29.8 Å². The number of carbonyl (C=O) groups is 1. The molecule has 1 aromatic carbocycles. The second-order valence-electron chi connectivity index (χ2n) is 6.22. The fourth-order valence-electron chi connectivity index (χ4n) is 2.61. The van der Waals surface area contributed by atoms with E-state index in [1.165, 1.54) is 5.56 Å². The van der Waals surface area contributed by atoms with Crippen molar-refractivity contribution in [2.75, 3.05) is 13.7 Å². The summed E-state index contributed by atoms with van der Waals surface area (Å²) in [6, 6.07) is 8.05. The predicted octanol–water partition coefficient (Wildman–Crippen LogP) is 4.10. The molecule has 0 N–H and O–H groups in total. The van der Waals surface area contributed by atoms with Crippen LogP contribution in [0.1, 0.15) is 40.2 Å². The van der Waals surface area contributed by atoms with Crippen LogP contribution in [0.15, 0.2) is 24.3 Å². The number of carbonyl (C=O) groups excluding carboxylic acids is 1. The Morgan fingerprint density at radius 3 is 2.43 bits per heavy atom. The molecule has 118 valence electrons. The third-order valence-corrected chi connectivity index (χ3v) is 4.53. The first-order chi connectivity index (χ1) is 9.84. The molecule has 0 heterocycles. The number of hydrogen-bond acceptors (Lipinski definition) is 3. The van der Waals surface area contributed by atoms with Gasteiger partial charge in [-0.1, -0.05) is 32.0 Å². The van der Waals surface area contributed by atoms with Crippen molar-refractivity contribution in [3.63, 3.8) is 0 Å². The van der Waals surface area contributed by atoms with E-state index in [-0.39, 0.29) is 11.9 Å². The van der Waals surface area contributed by atoms with Crippen LogP contribution < -0.4 is 4.74 Å². The van der Waals surface area contributed by atoms with E-state index in [0.29, 0.717) is 12.5 Å². The van der Waals surface area contributed by atoms with E-state index in [9.17, 15) is 4.79 Å². The van der Waals surface area contributed by atoms with Gasteiger partial charge in [-0.15, -0.1) is 0 Å². The summed E-state index contributed by atoms with van der Waals surface area (Å²) >= 11 is 0. The molecule has 0 saturated heterocycles. The lowest BCUT2D eigenvalue weighted by Crippen LogP contribution is -2.37. The van der Waals surface area contributed by atoms with Gasteiger partial charge in [-0.05, 0) is 50.7 Å². The molecule has 0 amide bonds. The summed E-state index contributed by atoms with van der Waals surface area (Å²) < 4.78 is 10.6. The lowest BCUT2D eigenvalue weighted by molar-refractivity contribution is -0.157. The van der Waals surface area contributed by atoms with Gasteiger partial charge in [0.25, 0.3) is 0 Å². The highest BCUT2D eigenvalue weighted by molar-refractivity contribution is 5.76. The number of methoxy groups -OCH3 is 1. The minimum atomic E-state index is -0.489. The molecule has 1 aromatic rings. The van der Waals surface area contributed by atoms with Crippen molar-refractivity contribution in [1.29, 1.82) is 0 Å². The Hall–Kier alpha value is -1.51. The molecule has 0 bridgehead atoms. The minimum Gasteiger partial charge on any atom is -0.496 e. The molecule has 0 aliphatic carbocycles. The number of ether oxygens (including phenoxy) is 2. The van der Waals surface area contributed by atoms with Crippen molar-refractivity contribution >= 4 is 5.97 Å². The van der Waals surface area contributed by atoms with Crippen LogP contribution in [0.25, 0.3) is 0 Å². The highest BCUT2D eigenvalue weighted by atomic mass is 16.5. The molecule has 3 nitrogen and oxygen atoms in total. The minimum absolute atomic E-state index is 0.121. The molecule has 2 unspecified atom stereocenters. The second-order valence-corrected chi connectivity index (χ2v) is 6.22. The number of esters is 1. The molecule has 0 aliphatic rings. The van der Waals surface area contributed by atoms with Crippen LogP contribution in [0, 0.1) is 17.3 Å². The first kappa shape index (κ1) is 17.5. The largest absolute Gasteiger partial charge is 0.496 e. The van der Waals surface area contributed by atoms with Crippen molar-refractivity contribution < 1.29 is 14.3 Å². The Morgan fingerprint density at radius 2 is 1.86 bits per heavy atom. The quantitative estimate of drug-likeness (QED) is 0.710.